The first-order chi connectivity index (χ1) is 33.2. The number of allylic oxidation sites excluding steroid dienone is 21. The number of unbranched alkanes of at least 4 members (excludes halogenated alkanes) is 22. The molecule has 0 aliphatic carbocycles. The van der Waals surface area contributed by atoms with E-state index >= 15 is 0 Å². The van der Waals surface area contributed by atoms with Gasteiger partial charge in [0.05, 0.1) is 18.8 Å². The highest BCUT2D eigenvalue weighted by Gasteiger charge is 2.17. The van der Waals surface area contributed by atoms with Gasteiger partial charge in [-0.2, -0.15) is 0 Å². The largest absolute Gasteiger partial charge is 0.394 e. The van der Waals surface area contributed by atoms with Gasteiger partial charge in [-0.3, -0.25) is 4.79 Å². The van der Waals surface area contributed by atoms with Crippen LogP contribution < -0.4 is 5.32 Å². The number of amides is 1. The van der Waals surface area contributed by atoms with Crippen molar-refractivity contribution in [1.29, 1.82) is 0 Å². The fourth-order valence-corrected chi connectivity index (χ4v) is 7.66. The standard InChI is InChI=1S/C63H105NO3/c1-3-5-7-9-11-13-15-17-19-21-23-25-26-27-28-29-30-31-32-33-34-35-36-37-38-39-41-43-45-47-49-51-53-55-57-59-63(67)64-61(60-65)62(66)58-56-54-52-50-48-46-44-42-40-24-22-20-18-16-14-12-10-8-6-4-2/h5,7,11,13,17,19,23,25,27-28,30-31,33-34,36-37,39,41,48,50,56,58,61-62,65-66H,3-4,6,8-10,12,14-16,18,20-22,24,26,29,32,35,38,40,42-47,49,51-55,57,59-60H2,1-2H3,(H,64,67)/b7-5-,13-11-,19-17-,25-23-,28-27-,31-30-,34-33-,37-36-,41-39-,50-48+,58-56+. The lowest BCUT2D eigenvalue weighted by Gasteiger charge is -2.19. The molecule has 4 nitrogen and oxygen atoms in total. The summed E-state index contributed by atoms with van der Waals surface area (Å²) in [4.78, 5) is 12.5. The molecule has 0 heterocycles. The summed E-state index contributed by atoms with van der Waals surface area (Å²) in [7, 11) is 0. The van der Waals surface area contributed by atoms with E-state index in [1.165, 1.54) is 116 Å². The summed E-state index contributed by atoms with van der Waals surface area (Å²) in [6.45, 7) is 4.18. The molecule has 0 spiro atoms. The molecular formula is C63H105NO3. The number of nitrogens with one attached hydrogen (secondary N) is 1. The summed E-state index contributed by atoms with van der Waals surface area (Å²) in [5.41, 5.74) is 0. The number of rotatable bonds is 49. The Kier molecular flexibility index (Phi) is 53.9. The van der Waals surface area contributed by atoms with Crippen LogP contribution in [0.1, 0.15) is 239 Å². The topological polar surface area (TPSA) is 69.6 Å². The smallest absolute Gasteiger partial charge is 0.220 e. The average Bonchev–Trinajstić information content (AvgIpc) is 3.33. The van der Waals surface area contributed by atoms with E-state index in [9.17, 15) is 15.0 Å². The summed E-state index contributed by atoms with van der Waals surface area (Å²) in [5.74, 6) is -0.0899. The first kappa shape index (κ1) is 63.5. The van der Waals surface area contributed by atoms with Gasteiger partial charge in [0.2, 0.25) is 5.91 Å². The summed E-state index contributed by atoms with van der Waals surface area (Å²) >= 11 is 0. The van der Waals surface area contributed by atoms with Crippen molar-refractivity contribution in [2.24, 2.45) is 0 Å². The molecule has 0 aliphatic heterocycles. The van der Waals surface area contributed by atoms with Crippen molar-refractivity contribution < 1.29 is 15.0 Å². The van der Waals surface area contributed by atoms with Crippen molar-refractivity contribution in [3.8, 4) is 0 Å². The van der Waals surface area contributed by atoms with Crippen molar-refractivity contribution in [3.05, 3.63) is 134 Å². The molecule has 0 radical (unpaired) electrons. The molecule has 0 rings (SSSR count). The second-order valence-corrected chi connectivity index (χ2v) is 18.3. The Hall–Kier alpha value is -3.47. The molecule has 2 unspecified atom stereocenters. The predicted octanol–water partition coefficient (Wildman–Crippen LogP) is 18.6. The minimum Gasteiger partial charge on any atom is -0.394 e. The van der Waals surface area contributed by atoms with Gasteiger partial charge >= 0.3 is 0 Å². The van der Waals surface area contributed by atoms with Crippen LogP contribution in [0.5, 0.6) is 0 Å². The predicted molar refractivity (Wildman–Crippen MR) is 299 cm³/mol. The van der Waals surface area contributed by atoms with Crippen LogP contribution in [0.2, 0.25) is 0 Å². The van der Waals surface area contributed by atoms with Crippen molar-refractivity contribution in [3.63, 3.8) is 0 Å². The summed E-state index contributed by atoms with van der Waals surface area (Å²) in [5, 5.41) is 23.1. The van der Waals surface area contributed by atoms with Crippen LogP contribution in [-0.4, -0.2) is 34.9 Å². The van der Waals surface area contributed by atoms with E-state index < -0.39 is 12.1 Å². The quantitative estimate of drug-likeness (QED) is 0.0421. The zero-order chi connectivity index (χ0) is 48.5. The Morgan fingerprint density at radius 1 is 0.373 bits per heavy atom. The number of hydrogen-bond donors (Lipinski definition) is 3. The molecule has 67 heavy (non-hydrogen) atoms. The van der Waals surface area contributed by atoms with Gasteiger partial charge in [-0.15, -0.1) is 0 Å². The summed E-state index contributed by atoms with van der Waals surface area (Å²) in [6, 6.07) is -0.656. The van der Waals surface area contributed by atoms with Gasteiger partial charge in [-0.05, 0) is 103 Å². The maximum absolute atomic E-state index is 12.5. The number of aliphatic hydroxyl groups is 2. The van der Waals surface area contributed by atoms with Crippen LogP contribution in [0.3, 0.4) is 0 Å². The summed E-state index contributed by atoms with van der Waals surface area (Å²) in [6.07, 6.45) is 88.8. The third kappa shape index (κ3) is 53.4. The minimum atomic E-state index is -0.877. The number of carbonyl (C=O) groups is 1. The van der Waals surface area contributed by atoms with Crippen LogP contribution in [0.25, 0.3) is 0 Å². The van der Waals surface area contributed by atoms with E-state index in [1.54, 1.807) is 6.08 Å². The molecule has 4 heteroatoms. The maximum Gasteiger partial charge on any atom is 0.220 e. The zero-order valence-electron chi connectivity index (χ0n) is 43.6. The molecule has 0 saturated carbocycles. The molecule has 0 aromatic carbocycles. The number of carbonyl (C=O) groups excluding carboxylic acids is 1. The fourth-order valence-electron chi connectivity index (χ4n) is 7.66. The fraction of sp³-hybridized carbons (Fsp3) is 0.635. The Morgan fingerprint density at radius 3 is 1.04 bits per heavy atom. The van der Waals surface area contributed by atoms with E-state index in [-0.39, 0.29) is 12.5 Å². The molecule has 3 N–H and O–H groups in total. The molecule has 1 amide bonds. The molecule has 0 bridgehead atoms. The Balaban J connectivity index is 3.67. The molecule has 2 atom stereocenters. The van der Waals surface area contributed by atoms with Crippen molar-refractivity contribution >= 4 is 5.91 Å². The van der Waals surface area contributed by atoms with Gasteiger partial charge in [0.25, 0.3) is 0 Å². The Morgan fingerprint density at radius 2 is 0.672 bits per heavy atom. The normalized spacial score (nSPS) is 13.9. The highest BCUT2D eigenvalue weighted by Crippen LogP contribution is 2.14. The first-order valence-corrected chi connectivity index (χ1v) is 27.9. The van der Waals surface area contributed by atoms with Crippen molar-refractivity contribution in [1.82, 2.24) is 5.32 Å². The third-order valence-corrected chi connectivity index (χ3v) is 11.9. The molecule has 0 fully saturated rings. The highest BCUT2D eigenvalue weighted by molar-refractivity contribution is 5.76. The van der Waals surface area contributed by atoms with Gasteiger partial charge in [0, 0.05) is 6.42 Å². The average molecular weight is 925 g/mol. The highest BCUT2D eigenvalue weighted by atomic mass is 16.3. The molecule has 380 valence electrons. The Labute approximate surface area is 415 Å². The van der Waals surface area contributed by atoms with Gasteiger partial charge in [0.1, 0.15) is 0 Å². The van der Waals surface area contributed by atoms with Gasteiger partial charge < -0.3 is 15.5 Å². The van der Waals surface area contributed by atoms with Gasteiger partial charge in [0.15, 0.2) is 0 Å². The second kappa shape index (κ2) is 56.9. The van der Waals surface area contributed by atoms with Crippen LogP contribution in [0.15, 0.2) is 134 Å². The molecular weight excluding hydrogens is 819 g/mol. The summed E-state index contributed by atoms with van der Waals surface area (Å²) < 4.78 is 0. The van der Waals surface area contributed by atoms with Crippen LogP contribution in [0.4, 0.5) is 0 Å². The molecule has 0 saturated heterocycles. The lowest BCUT2D eigenvalue weighted by atomic mass is 10.0. The number of aliphatic hydroxyl groups excluding tert-OH is 2. The molecule has 0 aromatic heterocycles. The van der Waals surface area contributed by atoms with Crippen LogP contribution in [-0.2, 0) is 4.79 Å². The molecule has 0 aromatic rings. The van der Waals surface area contributed by atoms with Gasteiger partial charge in [-0.1, -0.05) is 263 Å². The zero-order valence-corrected chi connectivity index (χ0v) is 43.6. The number of hydrogen-bond acceptors (Lipinski definition) is 3. The van der Waals surface area contributed by atoms with E-state index in [0.717, 1.165) is 103 Å². The third-order valence-electron chi connectivity index (χ3n) is 11.9. The minimum absolute atomic E-state index is 0.0899. The van der Waals surface area contributed by atoms with E-state index in [0.29, 0.717) is 6.42 Å². The first-order valence-electron chi connectivity index (χ1n) is 27.9. The van der Waals surface area contributed by atoms with E-state index in [2.05, 4.69) is 141 Å². The Bertz CT molecular complexity index is 1370. The van der Waals surface area contributed by atoms with Crippen molar-refractivity contribution in [2.75, 3.05) is 6.61 Å². The second-order valence-electron chi connectivity index (χ2n) is 18.3. The van der Waals surface area contributed by atoms with E-state index in [1.807, 2.05) is 6.08 Å². The molecule has 0 aliphatic rings. The lowest BCUT2D eigenvalue weighted by Crippen LogP contribution is -2.45. The monoisotopic (exact) mass is 924 g/mol. The maximum atomic E-state index is 12.5. The lowest BCUT2D eigenvalue weighted by molar-refractivity contribution is -0.123. The SMILES string of the molecule is CC/C=C\C/C=C\C/C=C\C/C=C\C/C=C\C/C=C\C/C=C\C/C=C\C/C=C\CCCCCCCCCC(=O)NC(CO)C(O)/C=C/CC/C=C/CCCCCCCCCCCCCCCC. The van der Waals surface area contributed by atoms with Crippen LogP contribution >= 0.6 is 0 Å². The van der Waals surface area contributed by atoms with Gasteiger partial charge in [-0.25, -0.2) is 0 Å². The van der Waals surface area contributed by atoms with Crippen LogP contribution in [0, 0.1) is 0 Å². The van der Waals surface area contributed by atoms with Crippen molar-refractivity contribution in [2.45, 2.75) is 251 Å². The van der Waals surface area contributed by atoms with E-state index in [4.69, 9.17) is 0 Å².